The molecule has 0 spiro atoms. The van der Waals surface area contributed by atoms with Crippen LogP contribution in [0.5, 0.6) is 0 Å². The van der Waals surface area contributed by atoms with Gasteiger partial charge in [-0.3, -0.25) is 4.79 Å². The van der Waals surface area contributed by atoms with Crippen molar-refractivity contribution in [3.05, 3.63) is 12.2 Å². The molecule has 0 bridgehead atoms. The van der Waals surface area contributed by atoms with Crippen molar-refractivity contribution < 1.29 is 54.2 Å². The summed E-state index contributed by atoms with van der Waals surface area (Å²) in [7, 11) is -36.9. The average molecular weight is 1180 g/mol. The van der Waals surface area contributed by atoms with E-state index < -0.39 is 136 Å². The molecule has 0 fully saturated rings. The molecule has 0 unspecified atom stereocenters. The van der Waals surface area contributed by atoms with Crippen LogP contribution in [-0.2, 0) is 54.2 Å². The van der Waals surface area contributed by atoms with Gasteiger partial charge < -0.3 is 54.7 Å². The van der Waals surface area contributed by atoms with Crippen LogP contribution in [0.25, 0.3) is 0 Å². The van der Waals surface area contributed by atoms with Crippen molar-refractivity contribution in [3.8, 4) is 0 Å². The first-order valence-electron chi connectivity index (χ1n) is 23.0. The van der Waals surface area contributed by atoms with Gasteiger partial charge in [0.25, 0.3) is 0 Å². The van der Waals surface area contributed by atoms with Crippen LogP contribution in [0.1, 0.15) is 13.3 Å². The molecule has 0 aliphatic rings. The van der Waals surface area contributed by atoms with Crippen LogP contribution in [0.4, 0.5) is 0 Å². The highest BCUT2D eigenvalue weighted by molar-refractivity contribution is 7.68. The van der Waals surface area contributed by atoms with Gasteiger partial charge in [-0.05, 0) is 190 Å². The Kier molecular flexibility index (Phi) is 25.1. The molecule has 14 nitrogen and oxygen atoms in total. The third-order valence-electron chi connectivity index (χ3n) is 7.10. The fraction of sp³-hybridized carbons (Fsp3) is 0.912. The SMILES string of the molecule is C=C(C)C(=O)NCCC[Si]([SiH2]O[Si](O[Si](C)(C)C)(O[Si](C)(C)C)O[Si](C)(C)C)([SiH2]O[Si](O[Si](C)(C)C)(O[Si](C)(C)C)O[Si](C)(C)C)[SiH2]O[Si](O[Si](C)(C)C)(O[Si](C)(C)C)O[Si](C)(C)C. The normalized spacial score (nSPS) is 16.5. The molecule has 0 aliphatic heterocycles. The average Bonchev–Trinajstić information content (AvgIpc) is 2.91. The van der Waals surface area contributed by atoms with Crippen LogP contribution >= 0.6 is 0 Å². The van der Waals surface area contributed by atoms with Gasteiger partial charge >= 0.3 is 27.1 Å². The zero-order valence-corrected chi connectivity index (χ0v) is 63.5. The van der Waals surface area contributed by atoms with Crippen LogP contribution in [0.3, 0.4) is 0 Å². The van der Waals surface area contributed by atoms with Crippen molar-refractivity contribution >= 4 is 142 Å². The molecule has 0 atom stereocenters. The summed E-state index contributed by atoms with van der Waals surface area (Å²) in [5, 5.41) is 3.11. The van der Waals surface area contributed by atoms with Crippen molar-refractivity contribution in [2.24, 2.45) is 0 Å². The predicted octanol–water partition coefficient (Wildman–Crippen LogP) is 8.28. The van der Waals surface area contributed by atoms with Crippen molar-refractivity contribution in [1.82, 2.24) is 5.32 Å². The highest BCUT2D eigenvalue weighted by Gasteiger charge is 2.60. The molecule has 0 aromatic carbocycles. The number of rotatable bonds is 32. The second kappa shape index (κ2) is 24.3. The number of amides is 1. The molecule has 0 radical (unpaired) electrons. The Morgan fingerprint density at radius 1 is 0.391 bits per heavy atom. The molecular weight excluding hydrogens is 1080 g/mol. The van der Waals surface area contributed by atoms with Crippen LogP contribution in [0, 0.1) is 0 Å². The summed E-state index contributed by atoms with van der Waals surface area (Å²) in [6.45, 7) is 62.1. The van der Waals surface area contributed by atoms with Crippen LogP contribution in [0.15, 0.2) is 12.2 Å². The van der Waals surface area contributed by atoms with Gasteiger partial charge in [0.1, 0.15) is 34.5 Å². The fourth-order valence-corrected chi connectivity index (χ4v) is 88.0. The zero-order chi connectivity index (χ0) is 51.1. The van der Waals surface area contributed by atoms with Crippen molar-refractivity contribution in [1.29, 1.82) is 0 Å². The minimum absolute atomic E-state index is 0.158. The quantitative estimate of drug-likeness (QED) is 0.0393. The molecule has 0 aliphatic carbocycles. The lowest BCUT2D eigenvalue weighted by Crippen LogP contribution is -2.71. The number of carbonyl (C=O) groups excluding carboxylic acids is 1. The molecule has 30 heteroatoms. The Hall–Kier alpha value is 2.20. The third-order valence-corrected chi connectivity index (χ3v) is 71.0. The lowest BCUT2D eigenvalue weighted by molar-refractivity contribution is -0.117. The molecule has 1 amide bonds. The third kappa shape index (κ3) is 32.2. The highest BCUT2D eigenvalue weighted by atomic mass is 29.9. The largest absolute Gasteiger partial charge is 0.636 e. The van der Waals surface area contributed by atoms with Gasteiger partial charge in [0.2, 0.25) is 5.91 Å². The standard InChI is InChI=1S/C34H99NO13Si16/c1-33(2)34(36)35-31-30-32-61(49-37-62(40-52(3,4)5,41-53(6,7)8)42-54(9,10)11,50-38-63(43-55(12,13)14,44-56(15,16)17)45-57(18,19)20)51-39-64(46-58(21,22)23,47-59(24,25)26)48-60(27,28)29/h1,30-32,49-51H2,2-29H3,(H,35,36). The van der Waals surface area contributed by atoms with Gasteiger partial charge in [-0.25, -0.2) is 0 Å². The number of nitrogens with one attached hydrogen (secondary N) is 1. The van der Waals surface area contributed by atoms with Crippen LogP contribution in [-0.4, -0.2) is 149 Å². The lowest BCUT2D eigenvalue weighted by Gasteiger charge is -2.45. The molecule has 382 valence electrons. The molecule has 0 aromatic rings. The van der Waals surface area contributed by atoms with Gasteiger partial charge in [0, 0.05) is 12.1 Å². The summed E-state index contributed by atoms with van der Waals surface area (Å²) >= 11 is 0. The summed E-state index contributed by atoms with van der Waals surface area (Å²) in [5.41, 5.74) is 0.473. The monoisotopic (exact) mass is 1180 g/mol. The molecule has 0 rings (SSSR count). The van der Waals surface area contributed by atoms with E-state index in [1.54, 1.807) is 6.92 Å². The van der Waals surface area contributed by atoms with E-state index >= 15 is 0 Å². The first-order chi connectivity index (χ1) is 27.8. The zero-order valence-electron chi connectivity index (χ0n) is 46.3. The second-order valence-electron chi connectivity index (χ2n) is 25.9. The van der Waals surface area contributed by atoms with E-state index in [4.69, 9.17) is 49.4 Å². The van der Waals surface area contributed by atoms with Crippen molar-refractivity contribution in [2.75, 3.05) is 6.54 Å². The molecule has 1 N–H and O–H groups in total. The Labute approximate surface area is 413 Å². The highest BCUT2D eigenvalue weighted by Crippen LogP contribution is 2.32. The second-order valence-corrected chi connectivity index (χ2v) is 107. The van der Waals surface area contributed by atoms with E-state index in [9.17, 15) is 4.79 Å². The van der Waals surface area contributed by atoms with Crippen LogP contribution < -0.4 is 5.32 Å². The van der Waals surface area contributed by atoms with Gasteiger partial charge in [0.15, 0.2) is 74.9 Å². The summed E-state index contributed by atoms with van der Waals surface area (Å²) < 4.78 is 87.3. The van der Waals surface area contributed by atoms with Gasteiger partial charge in [-0.1, -0.05) is 12.6 Å². The van der Waals surface area contributed by atoms with Crippen molar-refractivity contribution in [3.63, 3.8) is 0 Å². The topological polar surface area (TPSA) is 140 Å². The first kappa shape index (κ1) is 66.2. The van der Waals surface area contributed by atoms with Gasteiger partial charge in [-0.15, -0.1) is 0 Å². The minimum atomic E-state index is -3.76. The van der Waals surface area contributed by atoms with Gasteiger partial charge in [0.05, 0.1) is 0 Å². The lowest BCUT2D eigenvalue weighted by atomic mass is 10.3. The summed E-state index contributed by atoms with van der Waals surface area (Å²) in [5.74, 6) is -0.158. The minimum Gasteiger partial charge on any atom is -0.404 e. The van der Waals surface area contributed by atoms with Gasteiger partial charge in [-0.2, -0.15) is 0 Å². The molecule has 0 saturated heterocycles. The summed E-state index contributed by atoms with van der Waals surface area (Å²) in [6, 6.07) is 0.778. The number of hydrogen-bond donors (Lipinski definition) is 1. The maximum absolute atomic E-state index is 12.9. The summed E-state index contributed by atoms with van der Waals surface area (Å²) in [6.07, 6.45) is 0.696. The van der Waals surface area contributed by atoms with E-state index in [1.165, 1.54) is 0 Å². The van der Waals surface area contributed by atoms with Crippen molar-refractivity contribution in [2.45, 2.75) is 196 Å². The molecule has 0 heterocycles. The molecule has 0 saturated carbocycles. The van der Waals surface area contributed by atoms with E-state index in [1.807, 2.05) is 0 Å². The van der Waals surface area contributed by atoms with E-state index in [2.05, 4.69) is 189 Å². The maximum Gasteiger partial charge on any atom is 0.636 e. The summed E-state index contributed by atoms with van der Waals surface area (Å²) in [4.78, 5) is 12.9. The Bertz CT molecular complexity index is 1210. The fourth-order valence-electron chi connectivity index (χ4n) is 5.71. The van der Waals surface area contributed by atoms with E-state index in [0.29, 0.717) is 18.5 Å². The smallest absolute Gasteiger partial charge is 0.404 e. The van der Waals surface area contributed by atoms with E-state index in [0.717, 1.165) is 6.04 Å². The first-order valence-corrected chi connectivity index (χ1v) is 69.5. The maximum atomic E-state index is 12.9. The van der Waals surface area contributed by atoms with Crippen LogP contribution in [0.2, 0.25) is 183 Å². The Balaban J connectivity index is 8.61. The number of carbonyl (C=O) groups is 1. The number of hydrogen-bond acceptors (Lipinski definition) is 13. The Morgan fingerprint density at radius 2 is 0.578 bits per heavy atom. The Morgan fingerprint density at radius 3 is 0.734 bits per heavy atom. The molecule has 0 aromatic heterocycles. The van der Waals surface area contributed by atoms with E-state index in [-0.39, 0.29) is 5.91 Å². The molecule has 64 heavy (non-hydrogen) atoms. The molecular formula is C34H99NO13Si16. The predicted molar refractivity (Wildman–Crippen MR) is 309 cm³/mol.